The van der Waals surface area contributed by atoms with Crippen LogP contribution in [0.25, 0.3) is 31.6 Å². The van der Waals surface area contributed by atoms with Crippen molar-refractivity contribution in [3.05, 3.63) is 64.0 Å². The van der Waals surface area contributed by atoms with E-state index in [0.29, 0.717) is 15.9 Å². The van der Waals surface area contributed by atoms with Crippen LogP contribution in [0.3, 0.4) is 0 Å². The van der Waals surface area contributed by atoms with Gasteiger partial charge in [-0.15, -0.1) is 22.7 Å². The van der Waals surface area contributed by atoms with Gasteiger partial charge in [-0.2, -0.15) is 5.10 Å². The lowest BCUT2D eigenvalue weighted by Crippen LogP contribution is -2.27. The molecule has 7 nitrogen and oxygen atoms in total. The molecule has 0 aliphatic carbocycles. The first-order valence-electron chi connectivity index (χ1n) is 8.42. The Morgan fingerprint density at radius 3 is 3.04 bits per heavy atom. The number of amides is 1. The van der Waals surface area contributed by atoms with Crippen LogP contribution in [0.2, 0.25) is 0 Å². The van der Waals surface area contributed by atoms with E-state index in [1.807, 2.05) is 35.0 Å². The molecule has 1 amide bonds. The van der Waals surface area contributed by atoms with Gasteiger partial charge in [-0.25, -0.2) is 4.98 Å². The summed E-state index contributed by atoms with van der Waals surface area (Å²) in [4.78, 5) is 31.5. The molecule has 0 radical (unpaired) electrons. The van der Waals surface area contributed by atoms with Crippen molar-refractivity contribution in [1.82, 2.24) is 19.7 Å². The van der Waals surface area contributed by atoms with Gasteiger partial charge in [0, 0.05) is 26.9 Å². The molecule has 0 saturated carbocycles. The van der Waals surface area contributed by atoms with Gasteiger partial charge in [0.15, 0.2) is 0 Å². The highest BCUT2D eigenvalue weighted by Crippen LogP contribution is 2.33. The highest BCUT2D eigenvalue weighted by atomic mass is 32.1. The summed E-state index contributed by atoms with van der Waals surface area (Å²) in [6.45, 7) is -0.106. The first kappa shape index (κ1) is 16.8. The number of hydrogen-bond acceptors (Lipinski definition) is 6. The maximum absolute atomic E-state index is 13.0. The van der Waals surface area contributed by atoms with Crippen molar-refractivity contribution in [2.24, 2.45) is 0 Å². The van der Waals surface area contributed by atoms with Gasteiger partial charge in [0.05, 0.1) is 23.4 Å². The van der Waals surface area contributed by atoms with Gasteiger partial charge in [0.2, 0.25) is 5.91 Å². The minimum atomic E-state index is -0.293. The Hall–Kier alpha value is -3.30. The molecule has 0 aliphatic rings. The number of nitrogens with one attached hydrogen (secondary N) is 2. The van der Waals surface area contributed by atoms with E-state index in [1.165, 1.54) is 22.2 Å². The van der Waals surface area contributed by atoms with Crippen molar-refractivity contribution in [3.63, 3.8) is 0 Å². The Kier molecular flexibility index (Phi) is 4.03. The lowest BCUT2D eigenvalue weighted by molar-refractivity contribution is -0.116. The van der Waals surface area contributed by atoms with Crippen LogP contribution >= 0.6 is 22.7 Å². The minimum Gasteiger partial charge on any atom is -0.325 e. The number of hydrogen-bond donors (Lipinski definition) is 2. The molecule has 2 N–H and O–H groups in total. The smallest absolute Gasteiger partial charge is 0.263 e. The molecule has 9 heteroatoms. The number of fused-ring (bicyclic) bond motifs is 2. The molecule has 0 fully saturated rings. The first-order valence-corrected chi connectivity index (χ1v) is 10.2. The van der Waals surface area contributed by atoms with Gasteiger partial charge in [0.1, 0.15) is 11.4 Å². The Balaban J connectivity index is 1.44. The van der Waals surface area contributed by atoms with Gasteiger partial charge in [-0.05, 0) is 29.6 Å². The number of anilines is 1. The van der Waals surface area contributed by atoms with Crippen LogP contribution in [0.4, 0.5) is 5.69 Å². The molecule has 4 aromatic heterocycles. The molecule has 138 valence electrons. The van der Waals surface area contributed by atoms with E-state index in [9.17, 15) is 9.59 Å². The van der Waals surface area contributed by atoms with Gasteiger partial charge < -0.3 is 5.32 Å². The van der Waals surface area contributed by atoms with Crippen molar-refractivity contribution < 1.29 is 4.79 Å². The number of nitrogens with zero attached hydrogens (tertiary/aromatic N) is 3. The summed E-state index contributed by atoms with van der Waals surface area (Å²) < 4.78 is 1.35. The zero-order chi connectivity index (χ0) is 19.1. The zero-order valence-corrected chi connectivity index (χ0v) is 16.0. The third kappa shape index (κ3) is 2.90. The molecular formula is C19H13N5O2S2. The van der Waals surface area contributed by atoms with Crippen molar-refractivity contribution >= 4 is 55.4 Å². The monoisotopic (exact) mass is 407 g/mol. The molecule has 0 spiro atoms. The third-order valence-electron chi connectivity index (χ3n) is 4.39. The lowest BCUT2D eigenvalue weighted by atomic mass is 10.2. The van der Waals surface area contributed by atoms with Gasteiger partial charge in [-0.3, -0.25) is 19.3 Å². The standard InChI is InChI=1S/C19H13N5O2S2/c25-16(22-12-3-4-14-11(6-12)7-21-23-14)8-24-10-20-18-17(19(24)26)13(9-28-18)15-2-1-5-27-15/h1-7,9-10H,8H2,(H,21,23)(H,22,25). The number of rotatable bonds is 4. The predicted molar refractivity (Wildman–Crippen MR) is 112 cm³/mol. The second-order valence-corrected chi connectivity index (χ2v) is 8.01. The molecule has 28 heavy (non-hydrogen) atoms. The molecule has 0 bridgehead atoms. The summed E-state index contributed by atoms with van der Waals surface area (Å²) in [7, 11) is 0. The van der Waals surface area contributed by atoms with E-state index < -0.39 is 0 Å². The Bertz CT molecular complexity index is 1360. The van der Waals surface area contributed by atoms with Gasteiger partial charge in [-0.1, -0.05) is 6.07 Å². The summed E-state index contributed by atoms with van der Waals surface area (Å²) >= 11 is 3.00. The average Bonchev–Trinajstić information content (AvgIpc) is 3.43. The van der Waals surface area contributed by atoms with Crippen molar-refractivity contribution in [1.29, 1.82) is 0 Å². The quantitative estimate of drug-likeness (QED) is 0.475. The van der Waals surface area contributed by atoms with Crippen LogP contribution in [-0.2, 0) is 11.3 Å². The number of carbonyl (C=O) groups is 1. The van der Waals surface area contributed by atoms with E-state index in [2.05, 4.69) is 20.5 Å². The highest BCUT2D eigenvalue weighted by molar-refractivity contribution is 7.18. The molecule has 4 heterocycles. The number of H-pyrrole nitrogens is 1. The molecule has 5 rings (SSSR count). The molecule has 1 aromatic carbocycles. The van der Waals surface area contributed by atoms with Gasteiger partial charge >= 0.3 is 0 Å². The molecule has 0 unspecified atom stereocenters. The summed E-state index contributed by atoms with van der Waals surface area (Å²) in [5, 5.41) is 15.0. The minimum absolute atomic E-state index is 0.106. The fourth-order valence-electron chi connectivity index (χ4n) is 3.07. The zero-order valence-electron chi connectivity index (χ0n) is 14.4. The maximum atomic E-state index is 13.0. The average molecular weight is 407 g/mol. The second-order valence-electron chi connectivity index (χ2n) is 6.20. The van der Waals surface area contributed by atoms with Crippen LogP contribution in [0.15, 0.2) is 58.4 Å². The Labute approximate surface area is 166 Å². The van der Waals surface area contributed by atoms with E-state index in [-0.39, 0.29) is 18.0 Å². The predicted octanol–water partition coefficient (Wildman–Crippen LogP) is 3.70. The van der Waals surface area contributed by atoms with Crippen molar-refractivity contribution in [3.8, 4) is 10.4 Å². The fourth-order valence-corrected chi connectivity index (χ4v) is 4.79. The van der Waals surface area contributed by atoms with E-state index in [4.69, 9.17) is 0 Å². The maximum Gasteiger partial charge on any atom is 0.263 e. The number of carbonyl (C=O) groups excluding carboxylic acids is 1. The Morgan fingerprint density at radius 1 is 1.25 bits per heavy atom. The lowest BCUT2D eigenvalue weighted by Gasteiger charge is -2.08. The van der Waals surface area contributed by atoms with Crippen molar-refractivity contribution in [2.75, 3.05) is 5.32 Å². The van der Waals surface area contributed by atoms with E-state index in [1.54, 1.807) is 23.6 Å². The van der Waals surface area contributed by atoms with Crippen LogP contribution in [-0.4, -0.2) is 25.7 Å². The third-order valence-corrected chi connectivity index (χ3v) is 6.17. The number of benzene rings is 1. The highest BCUT2D eigenvalue weighted by Gasteiger charge is 2.15. The molecular weight excluding hydrogens is 394 g/mol. The molecule has 0 saturated heterocycles. The summed E-state index contributed by atoms with van der Waals surface area (Å²) in [6, 6.07) is 9.38. The van der Waals surface area contributed by atoms with Crippen LogP contribution < -0.4 is 10.9 Å². The number of aromatic amines is 1. The summed E-state index contributed by atoms with van der Waals surface area (Å²) in [5.74, 6) is -0.293. The molecule has 0 atom stereocenters. The summed E-state index contributed by atoms with van der Waals surface area (Å²) in [5.41, 5.74) is 2.20. The van der Waals surface area contributed by atoms with Gasteiger partial charge in [0.25, 0.3) is 5.56 Å². The second kappa shape index (κ2) is 6.70. The Morgan fingerprint density at radius 2 is 2.18 bits per heavy atom. The van der Waals surface area contributed by atoms with Crippen LogP contribution in [0.1, 0.15) is 0 Å². The molecule has 5 aromatic rings. The SMILES string of the molecule is O=C(Cn1cnc2scc(-c3cccs3)c2c1=O)Nc1ccc2[nH]ncc2c1. The largest absolute Gasteiger partial charge is 0.325 e. The fraction of sp³-hybridized carbons (Fsp3) is 0.0526. The first-order chi connectivity index (χ1) is 13.7. The summed E-state index contributed by atoms with van der Waals surface area (Å²) in [6.07, 6.45) is 3.12. The normalized spacial score (nSPS) is 11.3. The van der Waals surface area contributed by atoms with Crippen molar-refractivity contribution in [2.45, 2.75) is 6.54 Å². The van der Waals surface area contributed by atoms with E-state index >= 15 is 0 Å². The topological polar surface area (TPSA) is 92.7 Å². The number of aromatic nitrogens is 4. The number of thiophene rings is 2. The van der Waals surface area contributed by atoms with Crippen LogP contribution in [0.5, 0.6) is 0 Å². The molecule has 0 aliphatic heterocycles. The van der Waals surface area contributed by atoms with Crippen LogP contribution in [0, 0.1) is 0 Å². The van der Waals surface area contributed by atoms with E-state index in [0.717, 1.165) is 21.3 Å².